The minimum Gasteiger partial charge on any atom is -0.354 e. The fourth-order valence-corrected chi connectivity index (χ4v) is 6.84. The summed E-state index contributed by atoms with van der Waals surface area (Å²) in [7, 11) is 0. The zero-order chi connectivity index (χ0) is 31.9. The molecule has 49 heavy (non-hydrogen) atoms. The van der Waals surface area contributed by atoms with E-state index < -0.39 is 0 Å². The van der Waals surface area contributed by atoms with Crippen LogP contribution in [0.1, 0.15) is 22.8 Å². The molecule has 1 radical (unpaired) electrons. The second-order valence-corrected chi connectivity index (χ2v) is 12.0. The number of benzene rings is 4. The number of nitrogens with one attached hydrogen (secondary N) is 2. The predicted octanol–water partition coefficient (Wildman–Crippen LogP) is 11.3. The third kappa shape index (κ3) is 5.55. The van der Waals surface area contributed by atoms with Gasteiger partial charge in [0.25, 0.3) is 0 Å². The molecule has 4 aromatic carbocycles. The molecule has 8 bridgehead atoms. The van der Waals surface area contributed by atoms with E-state index in [1.54, 1.807) is 0 Å². The first kappa shape index (κ1) is 30.3. The van der Waals surface area contributed by atoms with E-state index in [4.69, 9.17) is 9.97 Å². The first-order chi connectivity index (χ1) is 23.8. The number of aromatic nitrogens is 4. The molecule has 7 aromatic rings. The van der Waals surface area contributed by atoms with Crippen molar-refractivity contribution in [2.75, 3.05) is 0 Å². The van der Waals surface area contributed by atoms with Gasteiger partial charge in [-0.1, -0.05) is 121 Å². The monoisotopic (exact) mass is 669 g/mol. The van der Waals surface area contributed by atoms with Gasteiger partial charge in [-0.2, -0.15) is 0 Å². The standard InChI is InChI=1S/C44H30N4.Mn/c1-5-13-29(14-6-1)41-33-21-23-35(45-33)42(30-15-7-2-8-16-30)37-25-27-39(47-37)44(32-19-11-4-12-20-32)40-28-26-38(48-40)43(31-17-9-3-10-18-31)36-24-22-34(41)46-36;/h1-28,45,48H;. The molecular weight excluding hydrogens is 639 g/mol. The van der Waals surface area contributed by atoms with E-state index in [2.05, 4.69) is 156 Å². The van der Waals surface area contributed by atoms with E-state index in [-0.39, 0.29) is 17.1 Å². The molecule has 0 unspecified atom stereocenters. The van der Waals surface area contributed by atoms with Gasteiger partial charge in [0.2, 0.25) is 0 Å². The summed E-state index contributed by atoms with van der Waals surface area (Å²) < 4.78 is 0. The molecule has 0 amide bonds. The molecule has 5 heterocycles. The number of aromatic amines is 2. The zero-order valence-electron chi connectivity index (χ0n) is 26.4. The molecule has 0 atom stereocenters. The number of rotatable bonds is 4. The second-order valence-electron chi connectivity index (χ2n) is 12.0. The summed E-state index contributed by atoms with van der Waals surface area (Å²) in [4.78, 5) is 18.3. The smallest absolute Gasteiger partial charge is 0.0737 e. The molecule has 3 aromatic heterocycles. The molecule has 0 aliphatic carbocycles. The largest absolute Gasteiger partial charge is 0.354 e. The normalized spacial score (nSPS) is 11.8. The first-order valence-electron chi connectivity index (χ1n) is 16.2. The Morgan fingerprint density at radius 2 is 0.510 bits per heavy atom. The van der Waals surface area contributed by atoms with Gasteiger partial charge in [0.15, 0.2) is 0 Å². The van der Waals surface area contributed by atoms with Crippen molar-refractivity contribution >= 4 is 46.4 Å². The Morgan fingerprint density at radius 1 is 0.286 bits per heavy atom. The van der Waals surface area contributed by atoms with Crippen molar-refractivity contribution in [3.05, 3.63) is 168 Å². The van der Waals surface area contributed by atoms with Gasteiger partial charge in [-0.25, -0.2) is 9.97 Å². The summed E-state index contributed by atoms with van der Waals surface area (Å²) in [5.74, 6) is 0. The Morgan fingerprint density at radius 3 is 0.735 bits per heavy atom. The molecule has 0 saturated carbocycles. The van der Waals surface area contributed by atoms with Gasteiger partial charge >= 0.3 is 0 Å². The molecule has 2 aliphatic heterocycles. The van der Waals surface area contributed by atoms with Gasteiger partial charge in [-0.15, -0.1) is 0 Å². The van der Waals surface area contributed by atoms with Gasteiger partial charge in [0.1, 0.15) is 0 Å². The van der Waals surface area contributed by atoms with Gasteiger partial charge in [0.05, 0.1) is 22.8 Å². The number of hydrogen-bond donors (Lipinski definition) is 2. The van der Waals surface area contributed by atoms with E-state index in [0.717, 1.165) is 89.4 Å². The van der Waals surface area contributed by atoms with Crippen molar-refractivity contribution in [3.8, 4) is 44.5 Å². The van der Waals surface area contributed by atoms with Crippen LogP contribution < -0.4 is 0 Å². The second kappa shape index (κ2) is 12.9. The molecule has 4 nitrogen and oxygen atoms in total. The third-order valence-corrected chi connectivity index (χ3v) is 9.00. The number of hydrogen-bond acceptors (Lipinski definition) is 2. The van der Waals surface area contributed by atoms with Crippen molar-refractivity contribution in [3.63, 3.8) is 0 Å². The minimum atomic E-state index is 0. The van der Waals surface area contributed by atoms with E-state index in [1.807, 2.05) is 24.3 Å². The van der Waals surface area contributed by atoms with E-state index >= 15 is 0 Å². The fraction of sp³-hybridized carbons (Fsp3) is 0. The van der Waals surface area contributed by atoms with Gasteiger partial charge < -0.3 is 9.97 Å². The molecule has 2 aliphatic rings. The summed E-state index contributed by atoms with van der Waals surface area (Å²) in [6, 6.07) is 50.7. The molecule has 5 heteroatoms. The van der Waals surface area contributed by atoms with Crippen LogP contribution >= 0.6 is 0 Å². The molecule has 0 saturated heterocycles. The van der Waals surface area contributed by atoms with Gasteiger partial charge in [0, 0.05) is 61.4 Å². The predicted molar refractivity (Wildman–Crippen MR) is 201 cm³/mol. The Bertz CT molecular complexity index is 2180. The SMILES string of the molecule is C1=Cc2nc1c(-c1ccccc1)c1ccc([nH]1)c(-c1ccccc1)c1nc(c(-c3ccccc3)c3ccc([nH]3)c2-c2ccccc2)C=C1.[Mn]. The number of fused-ring (bicyclic) bond motifs is 8. The van der Waals surface area contributed by atoms with Crippen LogP contribution in [0.25, 0.3) is 90.9 Å². The first-order valence-corrected chi connectivity index (χ1v) is 16.2. The molecule has 0 spiro atoms. The molecular formula is C44H30MnN4. The summed E-state index contributed by atoms with van der Waals surface area (Å²) in [5.41, 5.74) is 16.2. The third-order valence-electron chi connectivity index (χ3n) is 9.00. The topological polar surface area (TPSA) is 57.4 Å². The fourth-order valence-electron chi connectivity index (χ4n) is 6.84. The number of nitrogens with zero attached hydrogens (tertiary/aromatic N) is 2. The van der Waals surface area contributed by atoms with Gasteiger partial charge in [-0.05, 0) is 70.8 Å². The quantitative estimate of drug-likeness (QED) is 0.183. The maximum atomic E-state index is 5.35. The minimum absolute atomic E-state index is 0. The molecule has 2 N–H and O–H groups in total. The average molecular weight is 670 g/mol. The maximum Gasteiger partial charge on any atom is 0.0737 e. The van der Waals surface area contributed by atoms with E-state index in [1.165, 1.54) is 0 Å². The van der Waals surface area contributed by atoms with Crippen LogP contribution in [0.3, 0.4) is 0 Å². The van der Waals surface area contributed by atoms with Crippen LogP contribution in [0.5, 0.6) is 0 Å². The summed E-state index contributed by atoms with van der Waals surface area (Å²) in [6.45, 7) is 0. The summed E-state index contributed by atoms with van der Waals surface area (Å²) in [6.07, 6.45) is 8.54. The summed E-state index contributed by atoms with van der Waals surface area (Å²) >= 11 is 0. The van der Waals surface area contributed by atoms with Crippen LogP contribution in [0.4, 0.5) is 0 Å². The Labute approximate surface area is 295 Å². The Hall–Kier alpha value is -6.00. The average Bonchev–Trinajstić information content (AvgIpc) is 3.98. The van der Waals surface area contributed by atoms with Crippen LogP contribution in [-0.4, -0.2) is 19.9 Å². The van der Waals surface area contributed by atoms with E-state index in [0.29, 0.717) is 0 Å². The van der Waals surface area contributed by atoms with Crippen molar-refractivity contribution in [2.45, 2.75) is 0 Å². The van der Waals surface area contributed by atoms with Crippen LogP contribution in [0, 0.1) is 0 Å². The molecule has 233 valence electrons. The van der Waals surface area contributed by atoms with Crippen LogP contribution in [-0.2, 0) is 17.1 Å². The maximum absolute atomic E-state index is 5.35. The van der Waals surface area contributed by atoms with Crippen molar-refractivity contribution < 1.29 is 17.1 Å². The van der Waals surface area contributed by atoms with Crippen molar-refractivity contribution in [1.82, 2.24) is 19.9 Å². The van der Waals surface area contributed by atoms with E-state index in [9.17, 15) is 0 Å². The van der Waals surface area contributed by atoms with Crippen LogP contribution in [0.2, 0.25) is 0 Å². The zero-order valence-corrected chi connectivity index (χ0v) is 27.6. The molecule has 9 rings (SSSR count). The summed E-state index contributed by atoms with van der Waals surface area (Å²) in [5, 5.41) is 0. The van der Waals surface area contributed by atoms with Crippen LogP contribution in [0.15, 0.2) is 146 Å². The van der Waals surface area contributed by atoms with Crippen molar-refractivity contribution in [2.24, 2.45) is 0 Å². The van der Waals surface area contributed by atoms with Gasteiger partial charge in [-0.3, -0.25) is 0 Å². The number of H-pyrrole nitrogens is 2. The van der Waals surface area contributed by atoms with Crippen molar-refractivity contribution in [1.29, 1.82) is 0 Å². The Balaban J connectivity index is 0.00000348. The Kier molecular flexibility index (Phi) is 7.98. The molecule has 0 fully saturated rings.